The first kappa shape index (κ1) is 94.1. The normalized spacial score (nSPS) is 14.3. The molecule has 6 atom stereocenters. The quantitative estimate of drug-likeness (QED) is 0.0222. The molecule has 3 unspecified atom stereocenters. The third kappa shape index (κ3) is 69.2. The standard InChI is InChI=1S/C77H150O17P2/c1-7-10-12-14-16-18-20-22-24-25-26-27-29-31-37-43-50-56-62-76(81)93-72(65-87-74(79)59-53-47-41-35-33-32-34-40-46-52-58-70(6)9-3)67-91-95(83,84)89-63-71(78)64-90-96(85,86)92-68-73(66-88-75(80)60-54-48-44-38-39-45-51-57-69(4)5)94-77(82)61-55-49-42-36-30-28-23-21-19-17-15-13-11-8-2/h69-73,78H,7-68H2,1-6H3,(H,83,84)(H,85,86)/t70?,71-,72-,73-/m1/s1. The van der Waals surface area contributed by atoms with Crippen molar-refractivity contribution < 1.29 is 80.2 Å². The van der Waals surface area contributed by atoms with Crippen molar-refractivity contribution in [2.24, 2.45) is 11.8 Å². The Hall–Kier alpha value is -1.94. The van der Waals surface area contributed by atoms with E-state index < -0.39 is 97.5 Å². The van der Waals surface area contributed by atoms with Crippen LogP contribution in [0.1, 0.15) is 401 Å². The molecule has 0 saturated carbocycles. The SMILES string of the molecule is CCCCCCCCCCCCCCCCCCCCC(=O)O[C@H](COC(=O)CCCCCCCCCCCCC(C)CC)COP(=O)(O)OC[C@@H](O)COP(=O)(O)OC[C@@H](COC(=O)CCCCCCCCCC(C)C)OC(=O)CCCCCCCCCCCCCCCC. The van der Waals surface area contributed by atoms with Crippen LogP contribution in [0.15, 0.2) is 0 Å². The molecule has 0 aliphatic heterocycles. The highest BCUT2D eigenvalue weighted by molar-refractivity contribution is 7.47. The lowest BCUT2D eigenvalue weighted by molar-refractivity contribution is -0.161. The zero-order chi connectivity index (χ0) is 70.7. The van der Waals surface area contributed by atoms with Crippen molar-refractivity contribution in [2.45, 2.75) is 419 Å². The van der Waals surface area contributed by atoms with Gasteiger partial charge in [0.15, 0.2) is 12.2 Å². The molecule has 0 heterocycles. The molecule has 0 saturated heterocycles. The highest BCUT2D eigenvalue weighted by atomic mass is 31.2. The summed E-state index contributed by atoms with van der Waals surface area (Å²) in [6.07, 6.45) is 56.8. The van der Waals surface area contributed by atoms with Crippen LogP contribution in [0.2, 0.25) is 0 Å². The minimum Gasteiger partial charge on any atom is -0.462 e. The first-order chi connectivity index (χ1) is 46.4. The van der Waals surface area contributed by atoms with Gasteiger partial charge in [0.1, 0.15) is 19.3 Å². The van der Waals surface area contributed by atoms with Crippen LogP contribution in [0, 0.1) is 11.8 Å². The van der Waals surface area contributed by atoms with Gasteiger partial charge in [-0.15, -0.1) is 0 Å². The molecule has 570 valence electrons. The number of rotatable bonds is 76. The Labute approximate surface area is 588 Å². The molecule has 3 N–H and O–H groups in total. The van der Waals surface area contributed by atoms with Gasteiger partial charge in [-0.3, -0.25) is 37.3 Å². The maximum atomic E-state index is 13.1. The van der Waals surface area contributed by atoms with E-state index in [1.54, 1.807) is 0 Å². The van der Waals surface area contributed by atoms with E-state index >= 15 is 0 Å². The van der Waals surface area contributed by atoms with Crippen LogP contribution in [0.4, 0.5) is 0 Å². The lowest BCUT2D eigenvalue weighted by atomic mass is 9.99. The van der Waals surface area contributed by atoms with E-state index in [0.29, 0.717) is 31.6 Å². The highest BCUT2D eigenvalue weighted by Crippen LogP contribution is 2.45. The summed E-state index contributed by atoms with van der Waals surface area (Å²) in [7, 11) is -9.91. The fourth-order valence-electron chi connectivity index (χ4n) is 11.8. The van der Waals surface area contributed by atoms with Crippen LogP contribution in [0.25, 0.3) is 0 Å². The average molecular weight is 1410 g/mol. The smallest absolute Gasteiger partial charge is 0.462 e. The fourth-order valence-corrected chi connectivity index (χ4v) is 13.4. The number of esters is 4. The molecule has 0 rings (SSSR count). The summed E-state index contributed by atoms with van der Waals surface area (Å²) in [4.78, 5) is 72.9. The van der Waals surface area contributed by atoms with Crippen LogP contribution in [-0.2, 0) is 65.4 Å². The predicted octanol–water partition coefficient (Wildman–Crippen LogP) is 22.7. The van der Waals surface area contributed by atoms with Gasteiger partial charge in [-0.05, 0) is 37.5 Å². The number of hydrogen-bond acceptors (Lipinski definition) is 15. The largest absolute Gasteiger partial charge is 0.472 e. The maximum Gasteiger partial charge on any atom is 0.472 e. The van der Waals surface area contributed by atoms with Gasteiger partial charge in [-0.2, -0.15) is 0 Å². The van der Waals surface area contributed by atoms with E-state index in [1.165, 1.54) is 212 Å². The minimum atomic E-state index is -4.96. The number of phosphoric acid groups is 2. The number of hydrogen-bond donors (Lipinski definition) is 3. The molecule has 0 radical (unpaired) electrons. The zero-order valence-corrected chi connectivity index (χ0v) is 64.5. The number of ether oxygens (including phenoxy) is 4. The van der Waals surface area contributed by atoms with Crippen LogP contribution < -0.4 is 0 Å². The van der Waals surface area contributed by atoms with Crippen molar-refractivity contribution >= 4 is 39.5 Å². The van der Waals surface area contributed by atoms with Crippen LogP contribution >= 0.6 is 15.6 Å². The summed E-state index contributed by atoms with van der Waals surface area (Å²) in [5.74, 6) is -0.599. The van der Waals surface area contributed by atoms with E-state index in [4.69, 9.17) is 37.0 Å². The molecule has 17 nitrogen and oxygen atoms in total. The van der Waals surface area contributed by atoms with Gasteiger partial charge in [0.2, 0.25) is 0 Å². The Kier molecular flexibility index (Phi) is 67.4. The number of aliphatic hydroxyl groups is 1. The number of carbonyl (C=O) groups is 4. The van der Waals surface area contributed by atoms with Crippen molar-refractivity contribution in [3.63, 3.8) is 0 Å². The molecular formula is C77H150O17P2. The van der Waals surface area contributed by atoms with Crippen molar-refractivity contribution in [3.8, 4) is 0 Å². The molecular weight excluding hydrogens is 1260 g/mol. The van der Waals surface area contributed by atoms with E-state index in [9.17, 15) is 43.2 Å². The van der Waals surface area contributed by atoms with Crippen LogP contribution in [0.5, 0.6) is 0 Å². The van der Waals surface area contributed by atoms with Crippen LogP contribution in [0.3, 0.4) is 0 Å². The lowest BCUT2D eigenvalue weighted by Gasteiger charge is -2.21. The second-order valence-corrected chi connectivity index (χ2v) is 31.4. The lowest BCUT2D eigenvalue weighted by Crippen LogP contribution is -2.30. The topological polar surface area (TPSA) is 237 Å². The maximum absolute atomic E-state index is 13.1. The molecule has 0 amide bonds. The summed E-state index contributed by atoms with van der Waals surface area (Å²) >= 11 is 0. The molecule has 0 aromatic carbocycles. The van der Waals surface area contributed by atoms with Crippen molar-refractivity contribution in [3.05, 3.63) is 0 Å². The second-order valence-electron chi connectivity index (χ2n) is 28.5. The van der Waals surface area contributed by atoms with Crippen molar-refractivity contribution in [1.29, 1.82) is 0 Å². The monoisotopic (exact) mass is 1410 g/mol. The average Bonchev–Trinajstić information content (AvgIpc) is 1.80. The Morgan fingerprint density at radius 2 is 0.531 bits per heavy atom. The third-order valence-electron chi connectivity index (χ3n) is 18.3. The molecule has 0 bridgehead atoms. The van der Waals surface area contributed by atoms with Gasteiger partial charge in [0.25, 0.3) is 0 Å². The molecule has 0 aliphatic rings. The molecule has 0 fully saturated rings. The number of unbranched alkanes of at least 4 members (excludes halogenated alkanes) is 45. The summed E-state index contributed by atoms with van der Waals surface area (Å²) in [5, 5.41) is 10.6. The van der Waals surface area contributed by atoms with Crippen LogP contribution in [-0.4, -0.2) is 96.7 Å². The summed E-state index contributed by atoms with van der Waals surface area (Å²) in [6.45, 7) is 9.58. The van der Waals surface area contributed by atoms with Gasteiger partial charge in [-0.25, -0.2) is 9.13 Å². The molecule has 0 aromatic heterocycles. The fraction of sp³-hybridized carbons (Fsp3) is 0.948. The van der Waals surface area contributed by atoms with Gasteiger partial charge >= 0.3 is 39.5 Å². The molecule has 0 spiro atoms. The van der Waals surface area contributed by atoms with E-state index in [-0.39, 0.29) is 25.7 Å². The Morgan fingerprint density at radius 3 is 0.792 bits per heavy atom. The second kappa shape index (κ2) is 68.8. The summed E-state index contributed by atoms with van der Waals surface area (Å²) in [6, 6.07) is 0. The Bertz CT molecular complexity index is 1860. The van der Waals surface area contributed by atoms with Gasteiger partial charge in [-0.1, -0.05) is 350 Å². The minimum absolute atomic E-state index is 0.107. The molecule has 0 aromatic rings. The van der Waals surface area contributed by atoms with E-state index in [2.05, 4.69) is 41.5 Å². The molecule has 0 aliphatic carbocycles. The highest BCUT2D eigenvalue weighted by Gasteiger charge is 2.30. The Balaban J connectivity index is 5.25. The van der Waals surface area contributed by atoms with Gasteiger partial charge in [0, 0.05) is 25.7 Å². The number of aliphatic hydroxyl groups excluding tert-OH is 1. The van der Waals surface area contributed by atoms with E-state index in [1.807, 2.05) is 0 Å². The molecule has 96 heavy (non-hydrogen) atoms. The molecule has 19 heteroatoms. The zero-order valence-electron chi connectivity index (χ0n) is 62.7. The van der Waals surface area contributed by atoms with Gasteiger partial charge in [0.05, 0.1) is 26.4 Å². The predicted molar refractivity (Wildman–Crippen MR) is 391 cm³/mol. The first-order valence-electron chi connectivity index (χ1n) is 40.0. The van der Waals surface area contributed by atoms with Crippen molar-refractivity contribution in [1.82, 2.24) is 0 Å². The van der Waals surface area contributed by atoms with Gasteiger partial charge < -0.3 is 33.8 Å². The third-order valence-corrected chi connectivity index (χ3v) is 20.2. The van der Waals surface area contributed by atoms with E-state index in [0.717, 1.165) is 102 Å². The number of carbonyl (C=O) groups excluding carboxylic acids is 4. The van der Waals surface area contributed by atoms with Crippen molar-refractivity contribution in [2.75, 3.05) is 39.6 Å². The Morgan fingerprint density at radius 1 is 0.302 bits per heavy atom. The summed E-state index contributed by atoms with van der Waals surface area (Å²) < 4.78 is 68.6. The number of phosphoric ester groups is 2. The first-order valence-corrected chi connectivity index (χ1v) is 43.0. The summed E-state index contributed by atoms with van der Waals surface area (Å²) in [5.41, 5.74) is 0.